The molecule has 0 saturated heterocycles. The molecule has 0 aliphatic heterocycles. The third kappa shape index (κ3) is 2.02. The van der Waals surface area contributed by atoms with Gasteiger partial charge in [-0.2, -0.15) is 0 Å². The summed E-state index contributed by atoms with van der Waals surface area (Å²) < 4.78 is 26.7. The summed E-state index contributed by atoms with van der Waals surface area (Å²) in [4.78, 5) is 0. The maximum atomic E-state index is 13.3. The average molecular weight is 212 g/mol. The molecule has 1 aromatic carbocycles. The molecule has 0 aromatic heterocycles. The molecule has 1 aromatic rings. The highest BCUT2D eigenvalue weighted by molar-refractivity contribution is 5.22. The van der Waals surface area contributed by atoms with E-state index in [-0.39, 0.29) is 11.5 Å². The smallest absolute Gasteiger partial charge is 0.131 e. The molecular weight excluding hydrogens is 198 g/mol. The molecule has 3 heteroatoms. The lowest BCUT2D eigenvalue weighted by molar-refractivity contribution is 0.0980. The van der Waals surface area contributed by atoms with Crippen molar-refractivity contribution in [3.05, 3.63) is 35.4 Å². The fraction of sp³-hybridized carbons (Fsp3) is 0.500. The minimum absolute atomic E-state index is 0.0728. The van der Waals surface area contributed by atoms with Crippen LogP contribution in [-0.4, -0.2) is 5.11 Å². The van der Waals surface area contributed by atoms with Gasteiger partial charge >= 0.3 is 0 Å². The SMILES string of the molecule is CC(C1CC1)C(O)c1c(F)cccc1F. The van der Waals surface area contributed by atoms with Crippen LogP contribution in [0.15, 0.2) is 18.2 Å². The highest BCUT2D eigenvalue weighted by Crippen LogP contribution is 2.43. The van der Waals surface area contributed by atoms with E-state index in [1.807, 2.05) is 6.92 Å². The van der Waals surface area contributed by atoms with E-state index in [0.717, 1.165) is 12.8 Å². The number of halogens is 2. The normalized spacial score (nSPS) is 20.0. The standard InChI is InChI=1S/C12H14F2O/c1-7(8-5-6-8)12(15)11-9(13)3-2-4-10(11)14/h2-4,7-8,12,15H,5-6H2,1H3. The molecule has 15 heavy (non-hydrogen) atoms. The lowest BCUT2D eigenvalue weighted by Gasteiger charge is -2.19. The first kappa shape index (κ1) is 10.6. The number of rotatable bonds is 3. The Morgan fingerprint density at radius 1 is 1.27 bits per heavy atom. The molecule has 1 N–H and O–H groups in total. The maximum absolute atomic E-state index is 13.3. The summed E-state index contributed by atoms with van der Waals surface area (Å²) >= 11 is 0. The maximum Gasteiger partial charge on any atom is 0.131 e. The molecule has 1 aliphatic carbocycles. The molecule has 0 heterocycles. The lowest BCUT2D eigenvalue weighted by atomic mass is 9.93. The first-order valence-electron chi connectivity index (χ1n) is 5.23. The highest BCUT2D eigenvalue weighted by atomic mass is 19.1. The van der Waals surface area contributed by atoms with Gasteiger partial charge in [0.1, 0.15) is 11.6 Å². The Morgan fingerprint density at radius 3 is 2.27 bits per heavy atom. The summed E-state index contributed by atoms with van der Waals surface area (Å²) in [6.07, 6.45) is 1.07. The Morgan fingerprint density at radius 2 is 1.80 bits per heavy atom. The van der Waals surface area contributed by atoms with Gasteiger partial charge in [-0.05, 0) is 36.8 Å². The van der Waals surface area contributed by atoms with E-state index in [1.165, 1.54) is 18.2 Å². The molecular formula is C12H14F2O. The fourth-order valence-corrected chi connectivity index (χ4v) is 1.94. The van der Waals surface area contributed by atoms with Crippen LogP contribution in [0.1, 0.15) is 31.4 Å². The summed E-state index contributed by atoms with van der Waals surface area (Å²) in [5.74, 6) is -0.972. The molecule has 0 amide bonds. The number of hydrogen-bond donors (Lipinski definition) is 1. The zero-order valence-corrected chi connectivity index (χ0v) is 8.58. The van der Waals surface area contributed by atoms with Gasteiger partial charge in [-0.1, -0.05) is 13.0 Å². The van der Waals surface area contributed by atoms with Crippen molar-refractivity contribution in [3.63, 3.8) is 0 Å². The van der Waals surface area contributed by atoms with Crippen molar-refractivity contribution in [2.75, 3.05) is 0 Å². The molecule has 1 saturated carbocycles. The summed E-state index contributed by atoms with van der Waals surface area (Å²) in [5, 5.41) is 9.88. The molecule has 1 nitrogen and oxygen atoms in total. The highest BCUT2D eigenvalue weighted by Gasteiger charge is 2.35. The molecule has 82 valence electrons. The van der Waals surface area contributed by atoms with Crippen molar-refractivity contribution in [1.29, 1.82) is 0 Å². The van der Waals surface area contributed by atoms with E-state index < -0.39 is 17.7 Å². The zero-order valence-electron chi connectivity index (χ0n) is 8.58. The third-order valence-corrected chi connectivity index (χ3v) is 3.16. The minimum Gasteiger partial charge on any atom is -0.388 e. The molecule has 0 bridgehead atoms. The van der Waals surface area contributed by atoms with Gasteiger partial charge in [0.05, 0.1) is 11.7 Å². The molecule has 2 unspecified atom stereocenters. The Labute approximate surface area is 87.7 Å². The molecule has 0 spiro atoms. The van der Waals surface area contributed by atoms with Gasteiger partial charge < -0.3 is 5.11 Å². The molecule has 2 rings (SSSR count). The van der Waals surface area contributed by atoms with Crippen LogP contribution in [0.2, 0.25) is 0 Å². The predicted octanol–water partition coefficient (Wildman–Crippen LogP) is 3.04. The summed E-state index contributed by atoms with van der Waals surface area (Å²) in [6.45, 7) is 1.84. The van der Waals surface area contributed by atoms with Crippen LogP contribution in [-0.2, 0) is 0 Å². The monoisotopic (exact) mass is 212 g/mol. The van der Waals surface area contributed by atoms with Crippen LogP contribution in [0.25, 0.3) is 0 Å². The van der Waals surface area contributed by atoms with Gasteiger partial charge in [0, 0.05) is 0 Å². The first-order chi connectivity index (χ1) is 7.11. The van der Waals surface area contributed by atoms with Crippen LogP contribution in [0, 0.1) is 23.5 Å². The Balaban J connectivity index is 2.27. The summed E-state index contributed by atoms with van der Waals surface area (Å²) in [5.41, 5.74) is -0.183. The minimum atomic E-state index is -1.03. The van der Waals surface area contributed by atoms with E-state index in [4.69, 9.17) is 0 Å². The number of hydrogen-bond acceptors (Lipinski definition) is 1. The average Bonchev–Trinajstić information content (AvgIpc) is 2.99. The van der Waals surface area contributed by atoms with Crippen molar-refractivity contribution >= 4 is 0 Å². The van der Waals surface area contributed by atoms with E-state index in [0.29, 0.717) is 5.92 Å². The van der Waals surface area contributed by atoms with Crippen molar-refractivity contribution in [1.82, 2.24) is 0 Å². The third-order valence-electron chi connectivity index (χ3n) is 3.16. The Hall–Kier alpha value is -0.960. The number of benzene rings is 1. The Kier molecular flexibility index (Phi) is 2.74. The molecule has 1 aliphatic rings. The first-order valence-corrected chi connectivity index (χ1v) is 5.23. The van der Waals surface area contributed by atoms with Gasteiger partial charge in [0.15, 0.2) is 0 Å². The quantitative estimate of drug-likeness (QED) is 0.816. The predicted molar refractivity (Wildman–Crippen MR) is 53.2 cm³/mol. The van der Waals surface area contributed by atoms with Crippen molar-refractivity contribution < 1.29 is 13.9 Å². The topological polar surface area (TPSA) is 20.2 Å². The second-order valence-corrected chi connectivity index (χ2v) is 4.28. The second-order valence-electron chi connectivity index (χ2n) is 4.28. The summed E-state index contributed by atoms with van der Waals surface area (Å²) in [6, 6.07) is 3.67. The second kappa shape index (κ2) is 3.89. The van der Waals surface area contributed by atoms with Crippen LogP contribution >= 0.6 is 0 Å². The van der Waals surface area contributed by atoms with Gasteiger partial charge in [0.25, 0.3) is 0 Å². The van der Waals surface area contributed by atoms with Gasteiger partial charge in [-0.15, -0.1) is 0 Å². The van der Waals surface area contributed by atoms with Crippen molar-refractivity contribution in [2.45, 2.75) is 25.9 Å². The van der Waals surface area contributed by atoms with E-state index in [9.17, 15) is 13.9 Å². The molecule has 2 atom stereocenters. The van der Waals surface area contributed by atoms with Gasteiger partial charge in [0.2, 0.25) is 0 Å². The van der Waals surface area contributed by atoms with Gasteiger partial charge in [-0.3, -0.25) is 0 Å². The molecule has 0 radical (unpaired) electrons. The van der Waals surface area contributed by atoms with Gasteiger partial charge in [-0.25, -0.2) is 8.78 Å². The number of aliphatic hydroxyl groups excluding tert-OH is 1. The fourth-order valence-electron chi connectivity index (χ4n) is 1.94. The van der Waals surface area contributed by atoms with E-state index in [2.05, 4.69) is 0 Å². The van der Waals surface area contributed by atoms with Crippen LogP contribution in [0.3, 0.4) is 0 Å². The van der Waals surface area contributed by atoms with Crippen molar-refractivity contribution in [3.8, 4) is 0 Å². The zero-order chi connectivity index (χ0) is 11.0. The Bertz CT molecular complexity index is 340. The van der Waals surface area contributed by atoms with Crippen molar-refractivity contribution in [2.24, 2.45) is 11.8 Å². The number of aliphatic hydroxyl groups is 1. The van der Waals surface area contributed by atoms with E-state index >= 15 is 0 Å². The van der Waals surface area contributed by atoms with Crippen LogP contribution < -0.4 is 0 Å². The molecule has 1 fully saturated rings. The lowest BCUT2D eigenvalue weighted by Crippen LogP contribution is -2.14. The largest absolute Gasteiger partial charge is 0.388 e. The summed E-state index contributed by atoms with van der Waals surface area (Å²) in [7, 11) is 0. The van der Waals surface area contributed by atoms with E-state index in [1.54, 1.807) is 0 Å². The van der Waals surface area contributed by atoms with Crippen LogP contribution in [0.5, 0.6) is 0 Å². The van der Waals surface area contributed by atoms with Crippen LogP contribution in [0.4, 0.5) is 8.78 Å².